The molecule has 2 aromatic carbocycles. The first-order valence-electron chi connectivity index (χ1n) is 6.94. The summed E-state index contributed by atoms with van der Waals surface area (Å²) in [5.74, 6) is -0.869. The molecule has 132 valence electrons. The molecule has 0 aliphatic heterocycles. The van der Waals surface area contributed by atoms with Crippen molar-refractivity contribution in [2.24, 2.45) is 5.11 Å². The average Bonchev–Trinajstić information content (AvgIpc) is 2.53. The maximum absolute atomic E-state index is 12.8. The Hall–Kier alpha value is -1.59. The molecule has 1 amide bonds. The fourth-order valence-corrected chi connectivity index (χ4v) is 5.16. The van der Waals surface area contributed by atoms with Crippen LogP contribution in [-0.4, -0.2) is 22.7 Å². The number of nitrogens with one attached hydrogen (secondary N) is 2. The van der Waals surface area contributed by atoms with E-state index in [1.165, 1.54) is 18.2 Å². The van der Waals surface area contributed by atoms with Gasteiger partial charge in [0, 0.05) is 6.92 Å². The van der Waals surface area contributed by atoms with Crippen molar-refractivity contribution >= 4 is 31.5 Å². The van der Waals surface area contributed by atoms with Gasteiger partial charge in [-0.25, -0.2) is 27.1 Å². The van der Waals surface area contributed by atoms with E-state index in [-0.39, 0.29) is 40.1 Å². The van der Waals surface area contributed by atoms with Crippen LogP contribution in [0.5, 0.6) is 0 Å². The molecule has 0 spiro atoms. The number of benzene rings is 2. The van der Waals surface area contributed by atoms with Crippen molar-refractivity contribution in [1.29, 1.82) is 5.53 Å². The normalized spacial score (nSPS) is 11.3. The number of sulfonamides is 1. The summed E-state index contributed by atoms with van der Waals surface area (Å²) in [6.07, 6.45) is 0. The van der Waals surface area contributed by atoms with Crippen molar-refractivity contribution in [2.45, 2.75) is 28.5 Å². The van der Waals surface area contributed by atoms with Crippen molar-refractivity contribution in [2.75, 3.05) is 0 Å². The summed E-state index contributed by atoms with van der Waals surface area (Å²) in [5.41, 5.74) is 7.77. The van der Waals surface area contributed by atoms with Gasteiger partial charge in [0.15, 0.2) is 0 Å². The molecule has 0 bridgehead atoms. The first-order valence-corrected chi connectivity index (χ1v) is 9.91. The molecule has 0 saturated carbocycles. The number of sulfone groups is 1. The zero-order valence-electron chi connectivity index (χ0n) is 14.3. The molecular weight excluding hydrogens is 389 g/mol. The van der Waals surface area contributed by atoms with Crippen molar-refractivity contribution in [1.82, 2.24) is 4.72 Å². The second-order valence-electron chi connectivity index (χ2n) is 5.22. The first-order chi connectivity index (χ1) is 11.6. The average molecular weight is 404 g/mol. The van der Waals surface area contributed by atoms with Crippen LogP contribution in [-0.2, 0) is 24.7 Å². The van der Waals surface area contributed by atoms with Crippen LogP contribution in [0.1, 0.15) is 12.5 Å². The van der Waals surface area contributed by atoms with Crippen LogP contribution >= 0.6 is 0 Å². The smallest absolute Gasteiger partial charge is 0.274 e. The van der Waals surface area contributed by atoms with E-state index >= 15 is 0 Å². The van der Waals surface area contributed by atoms with E-state index in [9.17, 15) is 21.6 Å². The molecule has 0 aliphatic rings. The molecule has 0 fully saturated rings. The van der Waals surface area contributed by atoms with E-state index < -0.39 is 35.6 Å². The van der Waals surface area contributed by atoms with Gasteiger partial charge in [-0.05, 0) is 37.3 Å². The van der Waals surface area contributed by atoms with Crippen LogP contribution < -0.4 is 34.3 Å². The number of carbonyl (C=O) groups is 1. The largest absolute Gasteiger partial charge is 1.00 e. The molecule has 0 aromatic heterocycles. The molecule has 0 aliphatic carbocycles. The summed E-state index contributed by atoms with van der Waals surface area (Å²) in [6.45, 7) is 2.78. The molecular formula is C15H15N3NaO5S2+. The second-order valence-corrected chi connectivity index (χ2v) is 8.79. The molecule has 0 atom stereocenters. The maximum atomic E-state index is 12.8. The summed E-state index contributed by atoms with van der Waals surface area (Å²) in [7, 11) is -8.61. The van der Waals surface area contributed by atoms with Crippen LogP contribution in [0.2, 0.25) is 0 Å². The third kappa shape index (κ3) is 4.77. The van der Waals surface area contributed by atoms with Crippen LogP contribution in [0.3, 0.4) is 0 Å². The Bertz CT molecular complexity index is 1050. The molecule has 2 rings (SSSR count). The Labute approximate surface area is 173 Å². The fraction of sp³-hybridized carbons (Fsp3) is 0.133. The van der Waals surface area contributed by atoms with Gasteiger partial charge in [0.2, 0.25) is 15.7 Å². The minimum absolute atomic E-state index is 0. The summed E-state index contributed by atoms with van der Waals surface area (Å²) >= 11 is 0. The molecule has 2 aromatic rings. The number of aryl methyl sites for hydroxylation is 1. The Morgan fingerprint density at radius 3 is 2.08 bits per heavy atom. The predicted octanol–water partition coefficient (Wildman–Crippen LogP) is -0.681. The number of hydrogen-bond acceptors (Lipinski definition) is 7. The van der Waals surface area contributed by atoms with E-state index in [4.69, 9.17) is 5.53 Å². The Kier molecular flexibility index (Phi) is 7.25. The van der Waals surface area contributed by atoms with Gasteiger partial charge >= 0.3 is 29.6 Å². The maximum Gasteiger partial charge on any atom is 1.00 e. The van der Waals surface area contributed by atoms with Crippen molar-refractivity contribution < 1.29 is 51.2 Å². The van der Waals surface area contributed by atoms with Gasteiger partial charge in [0.1, 0.15) is 4.90 Å². The summed E-state index contributed by atoms with van der Waals surface area (Å²) in [4.78, 5) is 9.92. The third-order valence-corrected chi connectivity index (χ3v) is 6.67. The van der Waals surface area contributed by atoms with Crippen LogP contribution in [0, 0.1) is 12.5 Å². The number of rotatable bonds is 5. The van der Waals surface area contributed by atoms with Crippen molar-refractivity contribution in [3.63, 3.8) is 0 Å². The zero-order valence-corrected chi connectivity index (χ0v) is 18.0. The molecule has 8 nitrogen and oxygen atoms in total. The number of amides is 1. The van der Waals surface area contributed by atoms with Crippen LogP contribution in [0.15, 0.2) is 62.3 Å². The van der Waals surface area contributed by atoms with Crippen molar-refractivity contribution in [3.05, 3.63) is 48.0 Å². The fourth-order valence-electron chi connectivity index (χ4n) is 2.09. The number of carbonyl (C=O) groups excluding carboxylic acids is 1. The van der Waals surface area contributed by atoms with Gasteiger partial charge in [0.05, 0.1) is 15.5 Å². The summed E-state index contributed by atoms with van der Waals surface area (Å²) < 4.78 is 52.1. The van der Waals surface area contributed by atoms with E-state index in [1.807, 2.05) is 0 Å². The molecule has 0 heterocycles. The molecule has 0 saturated heterocycles. The van der Waals surface area contributed by atoms with Gasteiger partial charge in [-0.2, -0.15) is 5.11 Å². The number of hydrogen-bond donors (Lipinski definition) is 2. The van der Waals surface area contributed by atoms with Gasteiger partial charge in [-0.3, -0.25) is 4.79 Å². The van der Waals surface area contributed by atoms with Crippen LogP contribution in [0.25, 0.3) is 0 Å². The van der Waals surface area contributed by atoms with E-state index in [2.05, 4.69) is 5.11 Å². The summed E-state index contributed by atoms with van der Waals surface area (Å²) in [6, 6.07) is 9.09. The SMILES string of the molecule is CC(=O)NS(=O)(=O)c1cc(N=N)ccc1S(=O)(=O)c1ccc(C)cc1.[Na+]. The van der Waals surface area contributed by atoms with Gasteiger partial charge < -0.3 is 0 Å². The minimum atomic E-state index is -4.44. The minimum Gasteiger partial charge on any atom is -0.274 e. The Morgan fingerprint density at radius 2 is 1.58 bits per heavy atom. The topological polar surface area (TPSA) is 134 Å². The summed E-state index contributed by atoms with van der Waals surface area (Å²) in [5, 5.41) is 3.11. The van der Waals surface area contributed by atoms with E-state index in [0.29, 0.717) is 0 Å². The first kappa shape index (κ1) is 22.5. The van der Waals surface area contributed by atoms with E-state index in [0.717, 1.165) is 24.6 Å². The molecule has 0 radical (unpaired) electrons. The Morgan fingerprint density at radius 1 is 1.00 bits per heavy atom. The quantitative estimate of drug-likeness (QED) is 0.503. The molecule has 11 heteroatoms. The third-order valence-electron chi connectivity index (χ3n) is 3.24. The molecule has 0 unspecified atom stereocenters. The Balaban J connectivity index is 0.00000338. The van der Waals surface area contributed by atoms with E-state index in [1.54, 1.807) is 23.8 Å². The van der Waals surface area contributed by atoms with Crippen molar-refractivity contribution in [3.8, 4) is 0 Å². The van der Waals surface area contributed by atoms with Gasteiger partial charge in [-0.15, -0.1) is 0 Å². The van der Waals surface area contributed by atoms with Gasteiger partial charge in [-0.1, -0.05) is 17.7 Å². The van der Waals surface area contributed by atoms with Crippen LogP contribution in [0.4, 0.5) is 5.69 Å². The monoisotopic (exact) mass is 404 g/mol. The number of nitrogens with zero attached hydrogens (tertiary/aromatic N) is 1. The molecule has 26 heavy (non-hydrogen) atoms. The second kappa shape index (κ2) is 8.40. The zero-order chi connectivity index (χ0) is 18.8. The molecule has 2 N–H and O–H groups in total. The predicted molar refractivity (Wildman–Crippen MR) is 88.9 cm³/mol. The van der Waals surface area contributed by atoms with Gasteiger partial charge in [0.25, 0.3) is 10.0 Å². The standard InChI is InChI=1S/C15H15N3O5S2.Na/c1-10-3-6-13(7-4-10)24(20,21)14-8-5-12(17-16)9-15(14)25(22,23)18-11(2)19;/h3-9,16H,1-2H3,(H,18,19);/q;+1.